The van der Waals surface area contributed by atoms with E-state index in [4.69, 9.17) is 10.00 Å². The number of nitrogens with zero attached hydrogens (tertiary/aromatic N) is 4. The fraction of sp³-hybridized carbons (Fsp3) is 0.333. The molecule has 0 aliphatic rings. The topological polar surface area (TPSA) is 78.0 Å². The minimum absolute atomic E-state index is 0.308. The van der Waals surface area contributed by atoms with Crippen LogP contribution in [0.4, 0.5) is 17.1 Å². The summed E-state index contributed by atoms with van der Waals surface area (Å²) in [7, 11) is 0. The number of azo groups is 1. The highest BCUT2D eigenvalue weighted by molar-refractivity contribution is 5.86. The molecule has 0 aliphatic heterocycles. The minimum atomic E-state index is -0.364. The van der Waals surface area contributed by atoms with Crippen molar-refractivity contribution in [3.63, 3.8) is 0 Å². The van der Waals surface area contributed by atoms with Gasteiger partial charge < -0.3 is 9.64 Å². The first-order valence-electron chi connectivity index (χ1n) is 10.0. The third kappa shape index (κ3) is 7.17. The largest absolute Gasteiger partial charge is 0.460 e. The lowest BCUT2D eigenvalue weighted by molar-refractivity contribution is -0.138. The Morgan fingerprint density at radius 1 is 1.13 bits per heavy atom. The number of carbonyl (C=O) groups excluding carboxylic acids is 1. The molecular formula is C24H28N4O2. The number of anilines is 1. The molecule has 1 atom stereocenters. The van der Waals surface area contributed by atoms with Crippen LogP contribution < -0.4 is 4.90 Å². The van der Waals surface area contributed by atoms with Crippen LogP contribution in [-0.2, 0) is 9.53 Å². The Balaban J connectivity index is 2.05. The number of carbonyl (C=O) groups is 1. The number of nitriles is 1. The Hall–Kier alpha value is -3.46. The number of hydrogen-bond acceptors (Lipinski definition) is 6. The molecule has 2 aromatic carbocycles. The van der Waals surface area contributed by atoms with Crippen LogP contribution in [0.25, 0.3) is 0 Å². The fourth-order valence-electron chi connectivity index (χ4n) is 2.65. The second-order valence-corrected chi connectivity index (χ2v) is 7.25. The lowest BCUT2D eigenvalue weighted by atomic mass is 10.1. The molecule has 6 nitrogen and oxygen atoms in total. The van der Waals surface area contributed by atoms with E-state index in [1.165, 1.54) is 0 Å². The van der Waals surface area contributed by atoms with Crippen LogP contribution in [0.5, 0.6) is 0 Å². The Bertz CT molecular complexity index is 912. The zero-order valence-electron chi connectivity index (χ0n) is 17.8. The minimum Gasteiger partial charge on any atom is -0.460 e. The summed E-state index contributed by atoms with van der Waals surface area (Å²) in [5, 5.41) is 17.3. The van der Waals surface area contributed by atoms with E-state index in [1.54, 1.807) is 31.2 Å². The summed E-state index contributed by atoms with van der Waals surface area (Å²) < 4.78 is 5.26. The summed E-state index contributed by atoms with van der Waals surface area (Å²) in [5.74, 6) is 0.148. The van der Waals surface area contributed by atoms with Gasteiger partial charge in [0.1, 0.15) is 6.61 Å². The number of ether oxygens (including phenoxy) is 1. The average molecular weight is 405 g/mol. The van der Waals surface area contributed by atoms with Crippen LogP contribution in [0.15, 0.2) is 70.9 Å². The van der Waals surface area contributed by atoms with Gasteiger partial charge in [0.2, 0.25) is 0 Å². The highest BCUT2D eigenvalue weighted by Gasteiger charge is 2.12. The maximum absolute atomic E-state index is 11.6. The van der Waals surface area contributed by atoms with Crippen LogP contribution in [0.1, 0.15) is 32.8 Å². The summed E-state index contributed by atoms with van der Waals surface area (Å²) in [6.45, 7) is 11.4. The number of hydrogen-bond donors (Lipinski definition) is 0. The first-order chi connectivity index (χ1) is 14.4. The van der Waals surface area contributed by atoms with Crippen LogP contribution in [0, 0.1) is 17.2 Å². The maximum Gasteiger partial charge on any atom is 0.333 e. The highest BCUT2D eigenvalue weighted by atomic mass is 16.5. The first kappa shape index (κ1) is 22.8. The second-order valence-electron chi connectivity index (χ2n) is 7.25. The molecule has 0 amide bonds. The lowest BCUT2D eigenvalue weighted by Crippen LogP contribution is -2.32. The number of esters is 1. The molecule has 0 unspecified atom stereocenters. The summed E-state index contributed by atoms with van der Waals surface area (Å²) in [6, 6.07) is 16.8. The predicted molar refractivity (Wildman–Crippen MR) is 119 cm³/mol. The zero-order valence-corrected chi connectivity index (χ0v) is 17.8. The van der Waals surface area contributed by atoms with E-state index in [0.717, 1.165) is 24.3 Å². The molecule has 2 aromatic rings. The number of benzene rings is 2. The van der Waals surface area contributed by atoms with Gasteiger partial charge in [-0.15, -0.1) is 0 Å². The first-order valence-corrected chi connectivity index (χ1v) is 10.0. The molecule has 0 fully saturated rings. The van der Waals surface area contributed by atoms with Crippen LogP contribution >= 0.6 is 0 Å². The van der Waals surface area contributed by atoms with Gasteiger partial charge in [0.15, 0.2) is 0 Å². The molecule has 0 spiro atoms. The van der Waals surface area contributed by atoms with Gasteiger partial charge in [-0.3, -0.25) is 0 Å². The van der Waals surface area contributed by atoms with E-state index in [0.29, 0.717) is 35.9 Å². The molecule has 156 valence electrons. The third-order valence-corrected chi connectivity index (χ3v) is 4.66. The quantitative estimate of drug-likeness (QED) is 0.279. The van der Waals surface area contributed by atoms with Crippen molar-refractivity contribution in [2.24, 2.45) is 16.1 Å². The molecule has 6 heteroatoms. The lowest BCUT2D eigenvalue weighted by Gasteiger charge is -2.27. The van der Waals surface area contributed by atoms with Crippen molar-refractivity contribution in [2.75, 3.05) is 24.6 Å². The SMILES string of the molecule is C=C(C)C(=O)OCCN(C[C@@H](C)CC)c1ccc(N=Nc2ccc(C#N)cc2)cc1. The molecule has 0 bridgehead atoms. The Kier molecular flexibility index (Phi) is 8.76. The van der Waals surface area contributed by atoms with Crippen LogP contribution in [0.3, 0.4) is 0 Å². The molecule has 30 heavy (non-hydrogen) atoms. The molecule has 0 saturated carbocycles. The van der Waals surface area contributed by atoms with Crippen molar-refractivity contribution in [3.8, 4) is 6.07 Å². The van der Waals surface area contributed by atoms with Gasteiger partial charge in [-0.2, -0.15) is 15.5 Å². The molecular weight excluding hydrogens is 376 g/mol. The molecule has 0 radical (unpaired) electrons. The second kappa shape index (κ2) is 11.5. The molecule has 0 aromatic heterocycles. The van der Waals surface area contributed by atoms with E-state index in [1.807, 2.05) is 24.3 Å². The van der Waals surface area contributed by atoms with Gasteiger partial charge in [0.25, 0.3) is 0 Å². The van der Waals surface area contributed by atoms with E-state index >= 15 is 0 Å². The standard InChI is InChI=1S/C24H28N4O2/c1-5-19(4)17-28(14-15-30-24(29)18(2)3)23-12-10-22(11-13-23)27-26-21-8-6-20(16-25)7-9-21/h6-13,19H,2,5,14-15,17H2,1,3-4H3/t19-/m0/s1. The summed E-state index contributed by atoms with van der Waals surface area (Å²) >= 11 is 0. The molecule has 0 aliphatic carbocycles. The Labute approximate surface area is 178 Å². The van der Waals surface area contributed by atoms with Crippen molar-refractivity contribution in [1.29, 1.82) is 5.26 Å². The molecule has 0 heterocycles. The van der Waals surface area contributed by atoms with Gasteiger partial charge in [0, 0.05) is 17.8 Å². The van der Waals surface area contributed by atoms with Crippen molar-refractivity contribution < 1.29 is 9.53 Å². The van der Waals surface area contributed by atoms with E-state index in [9.17, 15) is 4.79 Å². The van der Waals surface area contributed by atoms with Crippen molar-refractivity contribution in [1.82, 2.24) is 0 Å². The molecule has 0 N–H and O–H groups in total. The Morgan fingerprint density at radius 3 is 2.20 bits per heavy atom. The monoisotopic (exact) mass is 404 g/mol. The van der Waals surface area contributed by atoms with Gasteiger partial charge in [-0.05, 0) is 61.4 Å². The average Bonchev–Trinajstić information content (AvgIpc) is 2.77. The van der Waals surface area contributed by atoms with Crippen LogP contribution in [0.2, 0.25) is 0 Å². The van der Waals surface area contributed by atoms with Crippen LogP contribution in [-0.4, -0.2) is 25.7 Å². The third-order valence-electron chi connectivity index (χ3n) is 4.66. The molecule has 0 saturated heterocycles. The highest BCUT2D eigenvalue weighted by Crippen LogP contribution is 2.23. The normalized spacial score (nSPS) is 11.7. The van der Waals surface area contributed by atoms with Gasteiger partial charge >= 0.3 is 5.97 Å². The van der Waals surface area contributed by atoms with Crippen molar-refractivity contribution >= 4 is 23.0 Å². The fourth-order valence-corrected chi connectivity index (χ4v) is 2.65. The smallest absolute Gasteiger partial charge is 0.333 e. The maximum atomic E-state index is 11.6. The number of rotatable bonds is 10. The van der Waals surface area contributed by atoms with Crippen molar-refractivity contribution in [2.45, 2.75) is 27.2 Å². The van der Waals surface area contributed by atoms with E-state index in [2.05, 4.69) is 41.6 Å². The van der Waals surface area contributed by atoms with Gasteiger partial charge in [0.05, 0.1) is 29.6 Å². The molecule has 2 rings (SSSR count). The zero-order chi connectivity index (χ0) is 21.9. The van der Waals surface area contributed by atoms with E-state index in [-0.39, 0.29) is 5.97 Å². The summed E-state index contributed by atoms with van der Waals surface area (Å²) in [5.41, 5.74) is 3.46. The van der Waals surface area contributed by atoms with Gasteiger partial charge in [-0.1, -0.05) is 26.8 Å². The summed E-state index contributed by atoms with van der Waals surface area (Å²) in [4.78, 5) is 13.8. The summed E-state index contributed by atoms with van der Waals surface area (Å²) in [6.07, 6.45) is 1.07. The predicted octanol–water partition coefficient (Wildman–Crippen LogP) is 5.95. The van der Waals surface area contributed by atoms with Gasteiger partial charge in [-0.25, -0.2) is 4.79 Å². The van der Waals surface area contributed by atoms with E-state index < -0.39 is 0 Å². The van der Waals surface area contributed by atoms with Crippen molar-refractivity contribution in [3.05, 3.63) is 66.2 Å². The Morgan fingerprint density at radius 2 is 1.70 bits per heavy atom.